The molecule has 0 atom stereocenters. The molecule has 3 aromatic rings. The van der Waals surface area contributed by atoms with Crippen molar-refractivity contribution < 1.29 is 57.6 Å². The fourth-order valence-electron chi connectivity index (χ4n) is 3.42. The summed E-state index contributed by atoms with van der Waals surface area (Å²) in [5, 5.41) is 8.69. The number of aliphatic hydroxyl groups excluding tert-OH is 1. The van der Waals surface area contributed by atoms with Crippen molar-refractivity contribution in [3.8, 4) is 0 Å². The van der Waals surface area contributed by atoms with E-state index in [-0.39, 0.29) is 73.2 Å². The Morgan fingerprint density at radius 3 is 0.837 bits per heavy atom. The summed E-state index contributed by atoms with van der Waals surface area (Å²) in [6.07, 6.45) is 0. The van der Waals surface area contributed by atoms with E-state index >= 15 is 0 Å². The van der Waals surface area contributed by atoms with Gasteiger partial charge in [0.1, 0.15) is 33.0 Å². The molecule has 0 aliphatic rings. The van der Waals surface area contributed by atoms with Gasteiger partial charge in [0.2, 0.25) is 0 Å². The first-order valence-electron chi connectivity index (χ1n) is 13.0. The molecule has 12 heteroatoms. The zero-order valence-electron chi connectivity index (χ0n) is 23.1. The van der Waals surface area contributed by atoms with Crippen molar-refractivity contribution in [1.29, 1.82) is 0 Å². The van der Waals surface area contributed by atoms with E-state index in [1.54, 1.807) is 0 Å². The minimum absolute atomic E-state index is 0.126. The second-order valence-corrected chi connectivity index (χ2v) is 8.69. The van der Waals surface area contributed by atoms with Crippen LogP contribution in [0.3, 0.4) is 0 Å². The van der Waals surface area contributed by atoms with Crippen LogP contribution in [0.25, 0.3) is 0 Å². The van der Waals surface area contributed by atoms with Crippen molar-refractivity contribution in [3.63, 3.8) is 0 Å². The highest BCUT2D eigenvalue weighted by Gasteiger charge is 2.14. The molecule has 0 amide bonds. The third-order valence-electron chi connectivity index (χ3n) is 5.66. The number of esters is 5. The van der Waals surface area contributed by atoms with Crippen LogP contribution < -0.4 is 0 Å². The average molecular weight is 593 g/mol. The van der Waals surface area contributed by atoms with Crippen LogP contribution in [0.2, 0.25) is 0 Å². The van der Waals surface area contributed by atoms with Gasteiger partial charge < -0.3 is 28.8 Å². The summed E-state index contributed by atoms with van der Waals surface area (Å²) in [5.41, 5.74) is 1.40. The topological polar surface area (TPSA) is 169 Å². The van der Waals surface area contributed by atoms with Gasteiger partial charge in [0.25, 0.3) is 0 Å². The molecule has 0 radical (unpaired) electrons. The first-order valence-corrected chi connectivity index (χ1v) is 13.0. The standard InChI is InChI=1S/C31H28O12/c1-20(33)21-2-4-22(5-3-21)28(35)40-16-17-41-30(37)25-10-12-26(13-11-25)31(38)43-19-18-42-29(36)24-8-6-23(7-9-24)27(34)39-15-14-32/h2-13,32H,14-19H2,1H3. The van der Waals surface area contributed by atoms with E-state index in [9.17, 15) is 28.8 Å². The number of hydrogen-bond acceptors (Lipinski definition) is 12. The predicted octanol–water partition coefficient (Wildman–Crippen LogP) is 3.07. The minimum Gasteiger partial charge on any atom is -0.460 e. The van der Waals surface area contributed by atoms with Gasteiger partial charge in [-0.2, -0.15) is 0 Å². The summed E-state index contributed by atoms with van der Waals surface area (Å²) < 4.78 is 25.1. The van der Waals surface area contributed by atoms with E-state index in [4.69, 9.17) is 28.8 Å². The summed E-state index contributed by atoms with van der Waals surface area (Å²) in [5.74, 6) is -3.48. The van der Waals surface area contributed by atoms with Crippen LogP contribution >= 0.6 is 0 Å². The minimum atomic E-state index is -0.704. The molecule has 0 aromatic heterocycles. The fourth-order valence-corrected chi connectivity index (χ4v) is 3.42. The molecule has 0 saturated carbocycles. The Balaban J connectivity index is 1.35. The van der Waals surface area contributed by atoms with Crippen LogP contribution in [0, 0.1) is 0 Å². The van der Waals surface area contributed by atoms with Crippen molar-refractivity contribution in [2.75, 3.05) is 39.6 Å². The summed E-state index contributed by atoms with van der Waals surface area (Å²) in [6, 6.07) is 16.9. The highest BCUT2D eigenvalue weighted by Crippen LogP contribution is 2.10. The lowest BCUT2D eigenvalue weighted by atomic mass is 10.1. The first-order chi connectivity index (χ1) is 20.7. The van der Waals surface area contributed by atoms with Crippen LogP contribution in [0.4, 0.5) is 0 Å². The predicted molar refractivity (Wildman–Crippen MR) is 148 cm³/mol. The van der Waals surface area contributed by atoms with Gasteiger partial charge in [0.15, 0.2) is 5.78 Å². The van der Waals surface area contributed by atoms with Gasteiger partial charge in [0, 0.05) is 5.56 Å². The normalized spacial score (nSPS) is 10.3. The molecule has 0 bridgehead atoms. The van der Waals surface area contributed by atoms with Gasteiger partial charge in [-0.3, -0.25) is 4.79 Å². The summed E-state index contributed by atoms with van der Waals surface area (Å²) in [6.45, 7) is 0.161. The maximum Gasteiger partial charge on any atom is 0.338 e. The molecule has 0 unspecified atom stereocenters. The van der Waals surface area contributed by atoms with Crippen LogP contribution in [0.15, 0.2) is 72.8 Å². The molecular formula is C31H28O12. The first kappa shape index (κ1) is 32.2. The van der Waals surface area contributed by atoms with Gasteiger partial charge in [-0.25, -0.2) is 24.0 Å². The smallest absolute Gasteiger partial charge is 0.338 e. The SMILES string of the molecule is CC(=O)c1ccc(C(=O)OCCOC(=O)c2ccc(C(=O)OCCOC(=O)c3ccc(C(=O)OCCO)cc3)cc2)cc1. The van der Waals surface area contributed by atoms with Gasteiger partial charge in [-0.15, -0.1) is 0 Å². The summed E-state index contributed by atoms with van der Waals surface area (Å²) in [7, 11) is 0. The third-order valence-corrected chi connectivity index (χ3v) is 5.66. The van der Waals surface area contributed by atoms with Gasteiger partial charge >= 0.3 is 29.8 Å². The zero-order valence-corrected chi connectivity index (χ0v) is 23.1. The summed E-state index contributed by atoms with van der Waals surface area (Å²) >= 11 is 0. The van der Waals surface area contributed by atoms with Gasteiger partial charge in [-0.05, 0) is 67.6 Å². The lowest BCUT2D eigenvalue weighted by Crippen LogP contribution is -2.15. The van der Waals surface area contributed by atoms with E-state index < -0.39 is 29.8 Å². The van der Waals surface area contributed by atoms with Crippen LogP contribution in [0.1, 0.15) is 69.1 Å². The lowest BCUT2D eigenvalue weighted by molar-refractivity contribution is 0.0263. The highest BCUT2D eigenvalue weighted by molar-refractivity contribution is 5.96. The fraction of sp³-hybridized carbons (Fsp3) is 0.226. The van der Waals surface area contributed by atoms with Crippen molar-refractivity contribution in [1.82, 2.24) is 0 Å². The molecule has 0 spiro atoms. The Labute approximate surface area is 246 Å². The Hall–Kier alpha value is -5.36. The average Bonchev–Trinajstić information content (AvgIpc) is 3.03. The van der Waals surface area contributed by atoms with Crippen molar-refractivity contribution >= 4 is 35.6 Å². The molecule has 0 heterocycles. The third kappa shape index (κ3) is 9.90. The maximum atomic E-state index is 12.3. The number of ketones is 1. The number of Topliss-reactive ketones (excluding diaryl/α,β-unsaturated/α-hetero) is 1. The number of aliphatic hydroxyl groups is 1. The zero-order chi connectivity index (χ0) is 31.2. The van der Waals surface area contributed by atoms with E-state index in [0.717, 1.165) is 0 Å². The van der Waals surface area contributed by atoms with Gasteiger partial charge in [0.05, 0.1) is 34.4 Å². The largest absolute Gasteiger partial charge is 0.460 e. The molecule has 0 aliphatic carbocycles. The Bertz CT molecular complexity index is 1440. The van der Waals surface area contributed by atoms with Crippen LogP contribution in [0.5, 0.6) is 0 Å². The molecule has 3 rings (SSSR count). The molecule has 0 fully saturated rings. The number of benzene rings is 3. The second-order valence-electron chi connectivity index (χ2n) is 8.69. The Kier molecular flexibility index (Phi) is 12.1. The molecular weight excluding hydrogens is 564 g/mol. The van der Waals surface area contributed by atoms with Crippen LogP contribution in [-0.2, 0) is 23.7 Å². The monoisotopic (exact) mass is 592 g/mol. The number of hydrogen-bond donors (Lipinski definition) is 1. The Morgan fingerprint density at radius 1 is 0.419 bits per heavy atom. The molecule has 43 heavy (non-hydrogen) atoms. The van der Waals surface area contributed by atoms with Gasteiger partial charge in [-0.1, -0.05) is 12.1 Å². The summed E-state index contributed by atoms with van der Waals surface area (Å²) in [4.78, 5) is 71.7. The van der Waals surface area contributed by atoms with E-state index in [1.165, 1.54) is 79.7 Å². The molecule has 0 saturated heterocycles. The van der Waals surface area contributed by atoms with E-state index in [0.29, 0.717) is 5.56 Å². The van der Waals surface area contributed by atoms with E-state index in [2.05, 4.69) is 0 Å². The van der Waals surface area contributed by atoms with E-state index in [1.807, 2.05) is 0 Å². The van der Waals surface area contributed by atoms with Crippen LogP contribution in [-0.4, -0.2) is 80.4 Å². The van der Waals surface area contributed by atoms with Crippen molar-refractivity contribution in [3.05, 3.63) is 106 Å². The molecule has 12 nitrogen and oxygen atoms in total. The lowest BCUT2D eigenvalue weighted by Gasteiger charge is -2.08. The molecule has 1 N–H and O–H groups in total. The number of rotatable bonds is 14. The quantitative estimate of drug-likeness (QED) is 0.126. The second kappa shape index (κ2) is 16.2. The number of ether oxygens (including phenoxy) is 5. The van der Waals surface area contributed by atoms with Crippen molar-refractivity contribution in [2.24, 2.45) is 0 Å². The molecule has 0 aliphatic heterocycles. The number of carbonyl (C=O) groups is 6. The molecule has 224 valence electrons. The highest BCUT2D eigenvalue weighted by atomic mass is 16.6. The number of carbonyl (C=O) groups excluding carboxylic acids is 6. The van der Waals surface area contributed by atoms with Crippen molar-refractivity contribution in [2.45, 2.75) is 6.92 Å². The maximum absolute atomic E-state index is 12.3. The Morgan fingerprint density at radius 2 is 0.628 bits per heavy atom. The molecule has 3 aromatic carbocycles.